The first-order valence-corrected chi connectivity index (χ1v) is 8.84. The maximum atomic E-state index is 3.49. The number of nitrogens with one attached hydrogen (secondary N) is 1. The maximum absolute atomic E-state index is 3.49. The number of rotatable bonds is 8. The monoisotopic (exact) mass is 282 g/mol. The zero-order valence-electron chi connectivity index (χ0n) is 14.7. The van der Waals surface area contributed by atoms with Gasteiger partial charge in [-0.05, 0) is 37.1 Å². The Bertz CT molecular complexity index is 230. The highest BCUT2D eigenvalue weighted by atomic mass is 15.1. The lowest BCUT2D eigenvalue weighted by Gasteiger charge is -2.39. The van der Waals surface area contributed by atoms with Crippen LogP contribution in [-0.2, 0) is 0 Å². The lowest BCUT2D eigenvalue weighted by molar-refractivity contribution is 0.109. The van der Waals surface area contributed by atoms with Gasteiger partial charge < -0.3 is 10.2 Å². The standard InChI is InChI=1S/C18H38N2/c1-16(2)12-20(13-17(3)4)15-18(14-19-5)10-8-6-7-9-11-18/h16-17,19H,6-15H2,1-5H3. The second kappa shape index (κ2) is 9.04. The molecule has 0 spiro atoms. The molecule has 1 aliphatic rings. The molecule has 20 heavy (non-hydrogen) atoms. The van der Waals surface area contributed by atoms with Crippen LogP contribution >= 0.6 is 0 Å². The van der Waals surface area contributed by atoms with Crippen LogP contribution in [-0.4, -0.2) is 38.1 Å². The topological polar surface area (TPSA) is 15.3 Å². The number of hydrogen-bond donors (Lipinski definition) is 1. The molecule has 0 aromatic rings. The molecular formula is C18H38N2. The Balaban J connectivity index is 2.71. The molecule has 0 radical (unpaired) electrons. The van der Waals surface area contributed by atoms with Crippen molar-refractivity contribution in [3.8, 4) is 0 Å². The van der Waals surface area contributed by atoms with Gasteiger partial charge in [-0.3, -0.25) is 0 Å². The Hall–Kier alpha value is -0.0800. The summed E-state index contributed by atoms with van der Waals surface area (Å²) < 4.78 is 0. The molecule has 1 N–H and O–H groups in total. The third-order valence-electron chi connectivity index (χ3n) is 4.52. The van der Waals surface area contributed by atoms with E-state index in [0.29, 0.717) is 5.41 Å². The van der Waals surface area contributed by atoms with E-state index in [9.17, 15) is 0 Å². The van der Waals surface area contributed by atoms with Crippen molar-refractivity contribution in [1.29, 1.82) is 0 Å². The largest absolute Gasteiger partial charge is 0.319 e. The van der Waals surface area contributed by atoms with Gasteiger partial charge in [0.05, 0.1) is 0 Å². The van der Waals surface area contributed by atoms with Gasteiger partial charge in [-0.25, -0.2) is 0 Å². The predicted molar refractivity (Wildman–Crippen MR) is 90.2 cm³/mol. The van der Waals surface area contributed by atoms with Gasteiger partial charge in [0.25, 0.3) is 0 Å². The molecule has 2 nitrogen and oxygen atoms in total. The summed E-state index contributed by atoms with van der Waals surface area (Å²) in [5.41, 5.74) is 0.523. The molecule has 0 aliphatic heterocycles. The molecule has 1 fully saturated rings. The summed E-state index contributed by atoms with van der Waals surface area (Å²) in [6.45, 7) is 14.4. The molecule has 0 saturated heterocycles. The van der Waals surface area contributed by atoms with E-state index < -0.39 is 0 Å². The van der Waals surface area contributed by atoms with Crippen LogP contribution in [0.3, 0.4) is 0 Å². The quantitative estimate of drug-likeness (QED) is 0.673. The van der Waals surface area contributed by atoms with E-state index in [0.717, 1.165) is 11.8 Å². The van der Waals surface area contributed by atoms with Gasteiger partial charge in [0, 0.05) is 26.2 Å². The van der Waals surface area contributed by atoms with Crippen LogP contribution in [0, 0.1) is 17.3 Å². The maximum Gasteiger partial charge on any atom is 0.00504 e. The molecule has 1 aliphatic carbocycles. The Morgan fingerprint density at radius 3 is 1.80 bits per heavy atom. The van der Waals surface area contributed by atoms with Crippen LogP contribution in [0.15, 0.2) is 0 Å². The van der Waals surface area contributed by atoms with Crippen molar-refractivity contribution in [1.82, 2.24) is 10.2 Å². The third kappa shape index (κ3) is 6.58. The molecule has 2 heteroatoms. The second-order valence-corrected chi connectivity index (χ2v) is 7.93. The fourth-order valence-corrected chi connectivity index (χ4v) is 3.96. The van der Waals surface area contributed by atoms with Crippen molar-refractivity contribution < 1.29 is 0 Å². The summed E-state index contributed by atoms with van der Waals surface area (Å²) in [6, 6.07) is 0. The molecule has 0 bridgehead atoms. The van der Waals surface area contributed by atoms with E-state index in [1.54, 1.807) is 0 Å². The first-order chi connectivity index (χ1) is 9.47. The van der Waals surface area contributed by atoms with Gasteiger partial charge in [0.15, 0.2) is 0 Å². The molecule has 0 atom stereocenters. The van der Waals surface area contributed by atoms with Gasteiger partial charge in [-0.2, -0.15) is 0 Å². The third-order valence-corrected chi connectivity index (χ3v) is 4.52. The molecule has 1 rings (SSSR count). The van der Waals surface area contributed by atoms with Crippen LogP contribution in [0.2, 0.25) is 0 Å². The van der Waals surface area contributed by atoms with Crippen molar-refractivity contribution in [3.05, 3.63) is 0 Å². The van der Waals surface area contributed by atoms with Gasteiger partial charge in [0.2, 0.25) is 0 Å². The van der Waals surface area contributed by atoms with E-state index in [4.69, 9.17) is 0 Å². The van der Waals surface area contributed by atoms with Crippen molar-refractivity contribution in [2.75, 3.05) is 33.2 Å². The first kappa shape index (κ1) is 18.0. The Morgan fingerprint density at radius 1 is 0.900 bits per heavy atom. The van der Waals surface area contributed by atoms with E-state index in [-0.39, 0.29) is 0 Å². The smallest absolute Gasteiger partial charge is 0.00504 e. The summed E-state index contributed by atoms with van der Waals surface area (Å²) in [7, 11) is 2.13. The highest BCUT2D eigenvalue weighted by Crippen LogP contribution is 2.35. The normalized spacial score (nSPS) is 19.8. The second-order valence-electron chi connectivity index (χ2n) is 7.93. The fraction of sp³-hybridized carbons (Fsp3) is 1.00. The molecule has 1 saturated carbocycles. The average molecular weight is 283 g/mol. The SMILES string of the molecule is CNCC1(CN(CC(C)C)CC(C)C)CCCCCC1. The molecular weight excluding hydrogens is 244 g/mol. The summed E-state index contributed by atoms with van der Waals surface area (Å²) >= 11 is 0. The molecule has 0 amide bonds. The van der Waals surface area contributed by atoms with Gasteiger partial charge in [-0.1, -0.05) is 53.4 Å². The molecule has 0 aromatic heterocycles. The average Bonchev–Trinajstić information content (AvgIpc) is 2.53. The predicted octanol–water partition coefficient (Wildman–Crippen LogP) is 4.16. The highest BCUT2D eigenvalue weighted by Gasteiger charge is 2.32. The Morgan fingerprint density at radius 2 is 1.40 bits per heavy atom. The number of nitrogens with zero attached hydrogens (tertiary/aromatic N) is 1. The van der Waals surface area contributed by atoms with E-state index in [2.05, 4.69) is 45.0 Å². The lowest BCUT2D eigenvalue weighted by atomic mass is 9.79. The van der Waals surface area contributed by atoms with Crippen molar-refractivity contribution in [2.24, 2.45) is 17.3 Å². The lowest BCUT2D eigenvalue weighted by Crippen LogP contribution is -2.45. The minimum absolute atomic E-state index is 0.523. The highest BCUT2D eigenvalue weighted by molar-refractivity contribution is 4.87. The summed E-state index contributed by atoms with van der Waals surface area (Å²) in [5.74, 6) is 1.54. The Kier molecular flexibility index (Phi) is 8.13. The van der Waals surface area contributed by atoms with Crippen molar-refractivity contribution in [2.45, 2.75) is 66.2 Å². The zero-order chi connectivity index (χ0) is 15.0. The first-order valence-electron chi connectivity index (χ1n) is 8.84. The van der Waals surface area contributed by atoms with Crippen molar-refractivity contribution >= 4 is 0 Å². The zero-order valence-corrected chi connectivity index (χ0v) is 14.7. The van der Waals surface area contributed by atoms with E-state index >= 15 is 0 Å². The van der Waals surface area contributed by atoms with E-state index in [1.165, 1.54) is 64.7 Å². The van der Waals surface area contributed by atoms with Crippen LogP contribution in [0.4, 0.5) is 0 Å². The van der Waals surface area contributed by atoms with Crippen LogP contribution < -0.4 is 5.32 Å². The Labute approximate surface area is 127 Å². The molecule has 0 aromatic carbocycles. The number of hydrogen-bond acceptors (Lipinski definition) is 2. The fourth-order valence-electron chi connectivity index (χ4n) is 3.96. The molecule has 120 valence electrons. The summed E-state index contributed by atoms with van der Waals surface area (Å²) in [5, 5.41) is 3.49. The van der Waals surface area contributed by atoms with Gasteiger partial charge in [0.1, 0.15) is 0 Å². The minimum Gasteiger partial charge on any atom is -0.319 e. The van der Waals surface area contributed by atoms with Gasteiger partial charge >= 0.3 is 0 Å². The minimum atomic E-state index is 0.523. The molecule has 0 heterocycles. The van der Waals surface area contributed by atoms with Gasteiger partial charge in [-0.15, -0.1) is 0 Å². The van der Waals surface area contributed by atoms with Crippen LogP contribution in [0.25, 0.3) is 0 Å². The van der Waals surface area contributed by atoms with E-state index in [1.807, 2.05) is 0 Å². The van der Waals surface area contributed by atoms with Crippen LogP contribution in [0.1, 0.15) is 66.2 Å². The van der Waals surface area contributed by atoms with Crippen molar-refractivity contribution in [3.63, 3.8) is 0 Å². The molecule has 0 unspecified atom stereocenters. The van der Waals surface area contributed by atoms with Crippen LogP contribution in [0.5, 0.6) is 0 Å². The summed E-state index contributed by atoms with van der Waals surface area (Å²) in [4.78, 5) is 2.75. The summed E-state index contributed by atoms with van der Waals surface area (Å²) in [6.07, 6.45) is 8.58.